The van der Waals surface area contributed by atoms with Crippen molar-refractivity contribution in [3.8, 4) is 0 Å². The van der Waals surface area contributed by atoms with E-state index in [-0.39, 0.29) is 29.0 Å². The average molecular weight is 402 g/mol. The van der Waals surface area contributed by atoms with Crippen molar-refractivity contribution in [3.05, 3.63) is 33.7 Å². The van der Waals surface area contributed by atoms with E-state index in [4.69, 9.17) is 0 Å². The molecule has 1 heterocycles. The van der Waals surface area contributed by atoms with Gasteiger partial charge >= 0.3 is 0 Å². The van der Waals surface area contributed by atoms with Crippen LogP contribution in [0.1, 0.15) is 86.4 Å². The fourth-order valence-corrected chi connectivity index (χ4v) is 4.13. The number of nitrogens with one attached hydrogen (secondary N) is 1. The summed E-state index contributed by atoms with van der Waals surface area (Å²) in [6.07, 6.45) is 10.5. The fraction of sp³-hybridized carbons (Fsp3) is 0.696. The smallest absolute Gasteiger partial charge is 0.259 e. The van der Waals surface area contributed by atoms with E-state index in [2.05, 4.69) is 19.2 Å². The number of amides is 2. The van der Waals surface area contributed by atoms with Crippen LogP contribution in [0.3, 0.4) is 0 Å². The van der Waals surface area contributed by atoms with Gasteiger partial charge < -0.3 is 14.8 Å². The Labute approximate surface area is 173 Å². The summed E-state index contributed by atoms with van der Waals surface area (Å²) in [6.45, 7) is 8.19. The molecule has 1 aromatic heterocycles. The van der Waals surface area contributed by atoms with Crippen LogP contribution >= 0.6 is 0 Å². The summed E-state index contributed by atoms with van der Waals surface area (Å²) in [5, 5.41) is 3.00. The van der Waals surface area contributed by atoms with E-state index in [9.17, 15) is 14.4 Å². The first-order valence-electron chi connectivity index (χ1n) is 11.2. The maximum absolute atomic E-state index is 13.3. The molecule has 6 heteroatoms. The number of carbonyl (C=O) groups is 2. The van der Waals surface area contributed by atoms with Crippen LogP contribution < -0.4 is 10.7 Å². The van der Waals surface area contributed by atoms with Crippen molar-refractivity contribution in [1.29, 1.82) is 0 Å². The van der Waals surface area contributed by atoms with E-state index in [0.29, 0.717) is 31.5 Å². The Bertz CT molecular complexity index is 789. The molecule has 2 aliphatic rings. The molecule has 6 nitrogen and oxygen atoms in total. The number of pyridine rings is 1. The van der Waals surface area contributed by atoms with Gasteiger partial charge in [0.2, 0.25) is 5.43 Å². The van der Waals surface area contributed by atoms with E-state index in [0.717, 1.165) is 44.9 Å². The van der Waals surface area contributed by atoms with Gasteiger partial charge in [-0.2, -0.15) is 0 Å². The Morgan fingerprint density at radius 2 is 1.79 bits per heavy atom. The third-order valence-corrected chi connectivity index (χ3v) is 5.78. The lowest BCUT2D eigenvalue weighted by molar-refractivity contribution is 0.0745. The Hall–Kier alpha value is -2.11. The number of carbonyl (C=O) groups excluding carboxylic acids is 2. The normalized spacial score (nSPS) is 17.0. The van der Waals surface area contributed by atoms with Gasteiger partial charge in [-0.25, -0.2) is 0 Å². The molecule has 0 atom stereocenters. The average Bonchev–Trinajstić information content (AvgIpc) is 3.34. The molecule has 1 aromatic rings. The lowest BCUT2D eigenvalue weighted by Gasteiger charge is -2.23. The SMILES string of the molecule is CCCN(CC1CC1)C(=O)c1cn(CC(C)C)cc(C(=O)NC2CCCC2)c1=O. The molecule has 1 N–H and O–H groups in total. The summed E-state index contributed by atoms with van der Waals surface area (Å²) in [5.41, 5.74) is -0.229. The number of nitrogens with zero attached hydrogens (tertiary/aromatic N) is 2. The maximum Gasteiger partial charge on any atom is 0.259 e. The number of hydrogen-bond acceptors (Lipinski definition) is 3. The van der Waals surface area contributed by atoms with Gasteiger partial charge in [-0.1, -0.05) is 33.6 Å². The summed E-state index contributed by atoms with van der Waals surface area (Å²) in [7, 11) is 0. The molecule has 0 aromatic carbocycles. The van der Waals surface area contributed by atoms with Crippen LogP contribution in [0.2, 0.25) is 0 Å². The molecule has 2 saturated carbocycles. The summed E-state index contributed by atoms with van der Waals surface area (Å²) >= 11 is 0. The van der Waals surface area contributed by atoms with Crippen LogP contribution in [0.5, 0.6) is 0 Å². The van der Waals surface area contributed by atoms with Crippen LogP contribution in [-0.2, 0) is 6.54 Å². The first-order chi connectivity index (χ1) is 13.9. The first kappa shape index (κ1) is 21.6. The van der Waals surface area contributed by atoms with Crippen molar-refractivity contribution in [2.75, 3.05) is 13.1 Å². The zero-order valence-electron chi connectivity index (χ0n) is 18.1. The van der Waals surface area contributed by atoms with Crippen molar-refractivity contribution >= 4 is 11.8 Å². The summed E-state index contributed by atoms with van der Waals surface area (Å²) in [6, 6.07) is 0.131. The van der Waals surface area contributed by atoms with E-state index >= 15 is 0 Å². The quantitative estimate of drug-likeness (QED) is 0.689. The van der Waals surface area contributed by atoms with E-state index in [1.54, 1.807) is 17.3 Å². The minimum atomic E-state index is -0.442. The van der Waals surface area contributed by atoms with Gasteiger partial charge in [-0.3, -0.25) is 14.4 Å². The summed E-state index contributed by atoms with van der Waals surface area (Å²) < 4.78 is 1.84. The van der Waals surface area contributed by atoms with Crippen molar-refractivity contribution in [2.24, 2.45) is 11.8 Å². The number of rotatable bonds is 9. The van der Waals surface area contributed by atoms with Gasteiger partial charge in [-0.15, -0.1) is 0 Å². The molecule has 3 rings (SSSR count). The lowest BCUT2D eigenvalue weighted by Crippen LogP contribution is -2.40. The molecule has 0 radical (unpaired) electrons. The molecule has 2 amide bonds. The van der Waals surface area contributed by atoms with Crippen LogP contribution in [0.4, 0.5) is 0 Å². The first-order valence-corrected chi connectivity index (χ1v) is 11.2. The molecular weight excluding hydrogens is 366 g/mol. The maximum atomic E-state index is 13.3. The minimum Gasteiger partial charge on any atom is -0.352 e. The number of hydrogen-bond donors (Lipinski definition) is 1. The van der Waals surface area contributed by atoms with Gasteiger partial charge in [0.25, 0.3) is 11.8 Å². The molecule has 2 fully saturated rings. The fourth-order valence-electron chi connectivity index (χ4n) is 4.13. The third-order valence-electron chi connectivity index (χ3n) is 5.78. The zero-order chi connectivity index (χ0) is 21.0. The van der Waals surface area contributed by atoms with E-state index in [1.165, 1.54) is 0 Å². The van der Waals surface area contributed by atoms with Crippen molar-refractivity contribution in [1.82, 2.24) is 14.8 Å². The molecule has 0 unspecified atom stereocenters. The van der Waals surface area contributed by atoms with E-state index < -0.39 is 5.43 Å². The Morgan fingerprint density at radius 1 is 1.14 bits per heavy atom. The van der Waals surface area contributed by atoms with Gasteiger partial charge in [0.15, 0.2) is 0 Å². The Kier molecular flexibility index (Phi) is 7.14. The Balaban J connectivity index is 1.92. The summed E-state index contributed by atoms with van der Waals surface area (Å²) in [4.78, 5) is 41.1. The highest BCUT2D eigenvalue weighted by Gasteiger charge is 2.29. The zero-order valence-corrected chi connectivity index (χ0v) is 18.1. The monoisotopic (exact) mass is 401 g/mol. The second kappa shape index (κ2) is 9.59. The predicted molar refractivity (Wildman–Crippen MR) is 114 cm³/mol. The molecule has 0 spiro atoms. The molecule has 2 aliphatic carbocycles. The van der Waals surface area contributed by atoms with E-state index in [1.807, 2.05) is 11.5 Å². The molecule has 0 aliphatic heterocycles. The van der Waals surface area contributed by atoms with Gasteiger partial charge in [-0.05, 0) is 43.9 Å². The van der Waals surface area contributed by atoms with Crippen molar-refractivity contribution in [3.63, 3.8) is 0 Å². The predicted octanol–water partition coefficient (Wildman–Crippen LogP) is 3.44. The second-order valence-corrected chi connectivity index (χ2v) is 9.15. The highest BCUT2D eigenvalue weighted by Crippen LogP contribution is 2.30. The topological polar surface area (TPSA) is 71.4 Å². The molecule has 29 heavy (non-hydrogen) atoms. The molecule has 160 valence electrons. The largest absolute Gasteiger partial charge is 0.352 e. The van der Waals surface area contributed by atoms with Crippen LogP contribution in [-0.4, -0.2) is 40.4 Å². The van der Waals surface area contributed by atoms with Crippen LogP contribution in [0, 0.1) is 11.8 Å². The van der Waals surface area contributed by atoms with Crippen LogP contribution in [0.15, 0.2) is 17.2 Å². The minimum absolute atomic E-state index is 0.0891. The molecular formula is C23H35N3O3. The standard InChI is InChI=1S/C23H35N3O3/c1-4-11-26(13-17-9-10-17)23(29)20-15-25(12-16(2)3)14-19(21(20)27)22(28)24-18-7-5-6-8-18/h14-18H,4-13H2,1-3H3,(H,24,28). The third kappa shape index (κ3) is 5.71. The Morgan fingerprint density at radius 3 is 2.38 bits per heavy atom. The lowest BCUT2D eigenvalue weighted by atomic mass is 10.1. The number of aromatic nitrogens is 1. The van der Waals surface area contributed by atoms with Crippen LogP contribution in [0.25, 0.3) is 0 Å². The van der Waals surface area contributed by atoms with Gasteiger partial charge in [0.1, 0.15) is 11.1 Å². The highest BCUT2D eigenvalue weighted by molar-refractivity contribution is 5.99. The van der Waals surface area contributed by atoms with Gasteiger partial charge in [0.05, 0.1) is 0 Å². The van der Waals surface area contributed by atoms with Gasteiger partial charge in [0, 0.05) is 38.1 Å². The highest BCUT2D eigenvalue weighted by atomic mass is 16.2. The summed E-state index contributed by atoms with van der Waals surface area (Å²) in [5.74, 6) is 0.303. The van der Waals surface area contributed by atoms with Crippen molar-refractivity contribution < 1.29 is 9.59 Å². The molecule has 0 saturated heterocycles. The molecule has 0 bridgehead atoms. The second-order valence-electron chi connectivity index (χ2n) is 9.15. The van der Waals surface area contributed by atoms with Crippen molar-refractivity contribution in [2.45, 2.75) is 78.3 Å².